The second-order valence-corrected chi connectivity index (χ2v) is 7.76. The third-order valence-corrected chi connectivity index (χ3v) is 5.68. The lowest BCUT2D eigenvalue weighted by Crippen LogP contribution is -2.49. The van der Waals surface area contributed by atoms with Crippen molar-refractivity contribution in [2.75, 3.05) is 32.7 Å². The summed E-state index contributed by atoms with van der Waals surface area (Å²) in [5, 5.41) is 11.5. The van der Waals surface area contributed by atoms with Crippen LogP contribution in [0.5, 0.6) is 0 Å². The van der Waals surface area contributed by atoms with Crippen molar-refractivity contribution in [2.45, 2.75) is 6.04 Å². The van der Waals surface area contributed by atoms with Crippen molar-refractivity contribution in [3.8, 4) is 0 Å². The van der Waals surface area contributed by atoms with Crippen LogP contribution in [0.3, 0.4) is 0 Å². The van der Waals surface area contributed by atoms with Crippen LogP contribution in [0.4, 0.5) is 0 Å². The number of hydrogen-bond donors (Lipinski definition) is 2. The van der Waals surface area contributed by atoms with Crippen LogP contribution in [-0.4, -0.2) is 58.6 Å². The number of piperazine rings is 1. The number of hydrogen-bond acceptors (Lipinski definition) is 3. The van der Waals surface area contributed by atoms with E-state index >= 15 is 0 Å². The first kappa shape index (κ1) is 19.7. The van der Waals surface area contributed by atoms with Crippen molar-refractivity contribution in [3.05, 3.63) is 77.0 Å². The van der Waals surface area contributed by atoms with E-state index in [0.29, 0.717) is 5.02 Å². The van der Waals surface area contributed by atoms with E-state index < -0.39 is 12.0 Å². The lowest BCUT2D eigenvalue weighted by atomic mass is 10.0. The number of benzene rings is 2. The van der Waals surface area contributed by atoms with E-state index in [9.17, 15) is 9.90 Å². The highest BCUT2D eigenvalue weighted by Crippen LogP contribution is 2.30. The summed E-state index contributed by atoms with van der Waals surface area (Å²) in [7, 11) is 0. The number of rotatable bonds is 6. The number of carboxylic acid groups (broad SMARTS) is 1. The Kier molecular flexibility index (Phi) is 6.00. The number of halogens is 1. The molecule has 1 fully saturated rings. The molecule has 0 spiro atoms. The van der Waals surface area contributed by atoms with Gasteiger partial charge in [0.2, 0.25) is 0 Å². The molecule has 1 unspecified atom stereocenters. The zero-order chi connectivity index (χ0) is 20.2. The zero-order valence-electron chi connectivity index (χ0n) is 16.1. The summed E-state index contributed by atoms with van der Waals surface area (Å²) >= 11 is 6.06. The van der Waals surface area contributed by atoms with E-state index in [1.54, 1.807) is 12.3 Å². The summed E-state index contributed by atoms with van der Waals surface area (Å²) in [6.45, 7) is 3.99. The van der Waals surface area contributed by atoms with Crippen LogP contribution >= 0.6 is 11.6 Å². The monoisotopic (exact) mass is 409 g/mol. The van der Waals surface area contributed by atoms with Gasteiger partial charge in [-0.2, -0.15) is 0 Å². The number of H-pyrrole nitrogens is 1. The van der Waals surface area contributed by atoms with Gasteiger partial charge in [0.1, 0.15) is 6.04 Å². The van der Waals surface area contributed by atoms with Crippen LogP contribution in [-0.2, 0) is 4.79 Å². The highest BCUT2D eigenvalue weighted by atomic mass is 35.5. The largest absolute Gasteiger partial charge is 0.480 e. The topological polar surface area (TPSA) is 59.6 Å². The van der Waals surface area contributed by atoms with Gasteiger partial charge in [-0.1, -0.05) is 60.2 Å². The molecule has 2 heterocycles. The minimum atomic E-state index is -0.821. The smallest absolute Gasteiger partial charge is 0.325 e. The number of nitrogens with one attached hydrogen (secondary N) is 1. The summed E-state index contributed by atoms with van der Waals surface area (Å²) < 4.78 is 0. The van der Waals surface area contributed by atoms with Gasteiger partial charge in [-0.25, -0.2) is 0 Å². The maximum atomic E-state index is 12.1. The van der Waals surface area contributed by atoms with Gasteiger partial charge in [-0.3, -0.25) is 14.6 Å². The third kappa shape index (κ3) is 4.53. The fourth-order valence-electron chi connectivity index (χ4n) is 3.94. The van der Waals surface area contributed by atoms with Gasteiger partial charge < -0.3 is 10.1 Å². The van der Waals surface area contributed by atoms with E-state index in [1.807, 2.05) is 30.3 Å². The van der Waals surface area contributed by atoms with E-state index in [1.165, 1.54) is 5.56 Å². The molecule has 0 aliphatic carbocycles. The lowest BCUT2D eigenvalue weighted by Gasteiger charge is -2.37. The minimum absolute atomic E-state index is 0.634. The van der Waals surface area contributed by atoms with E-state index in [2.05, 4.69) is 39.1 Å². The van der Waals surface area contributed by atoms with Crippen molar-refractivity contribution in [1.29, 1.82) is 0 Å². The average molecular weight is 410 g/mol. The predicted molar refractivity (Wildman–Crippen MR) is 117 cm³/mol. The molecule has 0 bridgehead atoms. The van der Waals surface area contributed by atoms with E-state index in [4.69, 9.17) is 11.6 Å². The number of nitrogens with zero attached hydrogens (tertiary/aromatic N) is 2. The quantitative estimate of drug-likeness (QED) is 0.638. The zero-order valence-corrected chi connectivity index (χ0v) is 16.8. The molecule has 6 heteroatoms. The number of carbonyl (C=O) groups is 1. The lowest BCUT2D eigenvalue weighted by molar-refractivity contribution is -0.144. The molecule has 5 nitrogen and oxygen atoms in total. The van der Waals surface area contributed by atoms with Crippen molar-refractivity contribution >= 4 is 34.5 Å². The summed E-state index contributed by atoms with van der Waals surface area (Å²) in [6.07, 6.45) is 6.10. The molecule has 0 saturated carbocycles. The Morgan fingerprint density at radius 3 is 2.62 bits per heavy atom. The molecule has 1 aliphatic heterocycles. The Morgan fingerprint density at radius 2 is 1.90 bits per heavy atom. The highest BCUT2D eigenvalue weighted by Gasteiger charge is 2.31. The van der Waals surface area contributed by atoms with Crippen LogP contribution in [0.25, 0.3) is 17.0 Å². The summed E-state index contributed by atoms with van der Waals surface area (Å²) in [6, 6.07) is 15.1. The average Bonchev–Trinajstić information content (AvgIpc) is 3.12. The number of aromatic nitrogens is 1. The second kappa shape index (κ2) is 8.82. The molecule has 0 amide bonds. The Bertz CT molecular complexity index is 1010. The molecule has 4 rings (SSSR count). The van der Waals surface area contributed by atoms with Gasteiger partial charge >= 0.3 is 5.97 Å². The van der Waals surface area contributed by atoms with Gasteiger partial charge in [0.05, 0.1) is 0 Å². The number of aromatic amines is 1. The molecule has 2 aromatic carbocycles. The summed E-state index contributed by atoms with van der Waals surface area (Å²) in [5.41, 5.74) is 2.85. The molecule has 0 radical (unpaired) electrons. The minimum Gasteiger partial charge on any atom is -0.480 e. The summed E-state index contributed by atoms with van der Waals surface area (Å²) in [5.74, 6) is -0.821. The van der Waals surface area contributed by atoms with Gasteiger partial charge in [0.25, 0.3) is 0 Å². The number of carboxylic acids is 1. The first-order chi connectivity index (χ1) is 14.1. The first-order valence-corrected chi connectivity index (χ1v) is 10.2. The van der Waals surface area contributed by atoms with Gasteiger partial charge in [-0.15, -0.1) is 0 Å². The third-order valence-electron chi connectivity index (χ3n) is 5.45. The SMILES string of the molecule is O=C(O)C(c1c[nH]c2cc(Cl)ccc12)N1CCN(C/C=C/c2ccccc2)CC1. The van der Waals surface area contributed by atoms with E-state index in [-0.39, 0.29) is 0 Å². The molecule has 1 atom stereocenters. The second-order valence-electron chi connectivity index (χ2n) is 7.32. The van der Waals surface area contributed by atoms with E-state index in [0.717, 1.165) is 49.2 Å². The van der Waals surface area contributed by atoms with Crippen molar-refractivity contribution in [1.82, 2.24) is 14.8 Å². The molecule has 29 heavy (non-hydrogen) atoms. The fourth-order valence-corrected chi connectivity index (χ4v) is 4.11. The van der Waals surface area contributed by atoms with Crippen LogP contribution in [0.15, 0.2) is 60.8 Å². The molecule has 2 N–H and O–H groups in total. The Labute approximate surface area is 175 Å². The first-order valence-electron chi connectivity index (χ1n) is 9.79. The maximum absolute atomic E-state index is 12.1. The van der Waals surface area contributed by atoms with Crippen LogP contribution in [0.2, 0.25) is 5.02 Å². The fraction of sp³-hybridized carbons (Fsp3) is 0.261. The molecular formula is C23H24ClN3O2. The maximum Gasteiger partial charge on any atom is 0.325 e. The standard InChI is InChI=1S/C23H24ClN3O2/c24-18-8-9-19-20(16-25-21(19)15-18)22(23(28)29)27-13-11-26(12-14-27)10-4-7-17-5-2-1-3-6-17/h1-9,15-16,22,25H,10-14H2,(H,28,29)/b7-4+. The van der Waals surface area contributed by atoms with Crippen LogP contribution in [0.1, 0.15) is 17.2 Å². The van der Waals surface area contributed by atoms with Crippen LogP contribution in [0, 0.1) is 0 Å². The van der Waals surface area contributed by atoms with Crippen molar-refractivity contribution < 1.29 is 9.90 Å². The molecule has 1 aromatic heterocycles. The van der Waals surface area contributed by atoms with Gasteiger partial charge in [0, 0.05) is 60.4 Å². The predicted octanol–water partition coefficient (Wildman–Crippen LogP) is 4.28. The molecule has 1 aliphatic rings. The Balaban J connectivity index is 1.41. The van der Waals surface area contributed by atoms with Crippen molar-refractivity contribution in [3.63, 3.8) is 0 Å². The van der Waals surface area contributed by atoms with Crippen molar-refractivity contribution in [2.24, 2.45) is 0 Å². The summed E-state index contributed by atoms with van der Waals surface area (Å²) in [4.78, 5) is 19.7. The van der Waals surface area contributed by atoms with Gasteiger partial charge in [0.15, 0.2) is 0 Å². The molecule has 1 saturated heterocycles. The normalized spacial score (nSPS) is 17.1. The Morgan fingerprint density at radius 1 is 1.14 bits per heavy atom. The molecular weight excluding hydrogens is 386 g/mol. The Hall–Kier alpha value is -2.60. The molecule has 150 valence electrons. The van der Waals surface area contributed by atoms with Gasteiger partial charge in [-0.05, 0) is 17.7 Å². The highest BCUT2D eigenvalue weighted by molar-refractivity contribution is 6.31. The number of aliphatic carboxylic acids is 1. The number of fused-ring (bicyclic) bond motifs is 1. The van der Waals surface area contributed by atoms with Crippen LogP contribution < -0.4 is 0 Å². The molecule has 3 aromatic rings.